The molecule has 1 saturated carbocycles. The van der Waals surface area contributed by atoms with Crippen molar-refractivity contribution in [2.45, 2.75) is 6.54 Å². The van der Waals surface area contributed by atoms with Gasteiger partial charge in [0.05, 0.1) is 14.2 Å². The Bertz CT molecular complexity index is 1020. The van der Waals surface area contributed by atoms with Gasteiger partial charge in [0.2, 0.25) is 0 Å². The smallest absolute Gasteiger partial charge is 0.509 e. The third-order valence-corrected chi connectivity index (χ3v) is 6.37. The monoisotopic (exact) mass is 611 g/mol. The number of hydrogen-bond acceptors (Lipinski definition) is 6. The van der Waals surface area contributed by atoms with Crippen molar-refractivity contribution < 1.29 is 35.8 Å². The van der Waals surface area contributed by atoms with Crippen molar-refractivity contribution in [3.63, 3.8) is 0 Å². The molecule has 2 aromatic rings. The summed E-state index contributed by atoms with van der Waals surface area (Å²) in [7, 11) is 2.47. The van der Waals surface area contributed by atoms with Crippen LogP contribution in [0.1, 0.15) is 5.56 Å². The minimum atomic E-state index is -0.787. The minimum absolute atomic E-state index is 0. The zero-order valence-corrected chi connectivity index (χ0v) is 25.3. The molecule has 0 amide bonds. The summed E-state index contributed by atoms with van der Waals surface area (Å²) < 4.78 is 9.27. The summed E-state index contributed by atoms with van der Waals surface area (Å²) in [6.45, 7) is 8.36. The van der Waals surface area contributed by atoms with Gasteiger partial charge in [-0.15, -0.1) is 10.9 Å². The normalized spacial score (nSPS) is 12.0. The molecule has 0 heterocycles. The third-order valence-electron chi connectivity index (χ3n) is 4.60. The van der Waals surface area contributed by atoms with E-state index in [0.29, 0.717) is 0 Å². The van der Waals surface area contributed by atoms with Crippen molar-refractivity contribution in [1.82, 2.24) is 4.90 Å². The molecule has 5 radical (unpaired) electrons. The van der Waals surface area contributed by atoms with Gasteiger partial charge in [-0.25, -0.2) is 0 Å². The number of ether oxygens (including phenoxy) is 2. The van der Waals surface area contributed by atoms with Crippen molar-refractivity contribution >= 4 is 54.3 Å². The number of rotatable bonds is 7. The molecule has 1 fully saturated rings. The number of thiocarbonyl (C=S) groups is 1. The van der Waals surface area contributed by atoms with Crippen molar-refractivity contribution in [3.05, 3.63) is 122 Å². The molecule has 0 spiro atoms. The summed E-state index contributed by atoms with van der Waals surface area (Å²) in [4.78, 5) is 24.9. The second kappa shape index (κ2) is 20.8. The molecule has 2 aromatic carbocycles. The van der Waals surface area contributed by atoms with Gasteiger partial charge in [-0.2, -0.15) is 0 Å². The van der Waals surface area contributed by atoms with Gasteiger partial charge in [0.1, 0.15) is 0 Å². The molecule has 5 nitrogen and oxygen atoms in total. The third kappa shape index (κ3) is 14.2. The fourth-order valence-electron chi connectivity index (χ4n) is 2.66. The first-order valence-corrected chi connectivity index (χ1v) is 14.2. The van der Waals surface area contributed by atoms with Crippen molar-refractivity contribution in [2.24, 2.45) is 0 Å². The predicted molar refractivity (Wildman–Crippen MR) is 158 cm³/mol. The molecule has 201 valence electrons. The largest absolute Gasteiger partial charge is 3.00 e. The zero-order chi connectivity index (χ0) is 27.6. The van der Waals surface area contributed by atoms with E-state index in [1.54, 1.807) is 0 Å². The van der Waals surface area contributed by atoms with E-state index in [2.05, 4.69) is 65.9 Å². The van der Waals surface area contributed by atoms with Crippen molar-refractivity contribution in [2.75, 3.05) is 27.5 Å². The first kappa shape index (κ1) is 35.9. The Hall–Kier alpha value is -2.09. The van der Waals surface area contributed by atoms with Crippen molar-refractivity contribution in [1.29, 1.82) is 0 Å². The Balaban J connectivity index is 0.000000738. The number of carbonyl (C=O) groups is 2. The van der Waals surface area contributed by atoms with E-state index in [0.717, 1.165) is 5.56 Å². The molecule has 0 bridgehead atoms. The molecule has 0 aromatic heterocycles. The van der Waals surface area contributed by atoms with Crippen LogP contribution in [0.25, 0.3) is 0 Å². The van der Waals surface area contributed by atoms with Gasteiger partial charge in [0.25, 0.3) is 11.9 Å². The number of carbonyl (C=O) groups excluding carboxylic acids is 2. The van der Waals surface area contributed by atoms with Gasteiger partial charge >= 0.3 is 16.8 Å². The SMILES string of the molecule is C=C(C(=O)OC)C(=[C-]N(Cc1ccccc1)C(=S)[S-])C(=O)OC.CP(C)c1ccccc1.[CH]1[CH][CH][CH][CH]1.[Co+3]. The summed E-state index contributed by atoms with van der Waals surface area (Å²) in [6, 6.07) is 20.0. The van der Waals surface area contributed by atoms with E-state index in [-0.39, 0.29) is 46.7 Å². The molecule has 1 aliphatic carbocycles. The second-order valence-electron chi connectivity index (χ2n) is 7.48. The minimum Gasteiger partial charge on any atom is -0.509 e. The maximum atomic E-state index is 11.9. The van der Waals surface area contributed by atoms with Crippen molar-refractivity contribution in [3.8, 4) is 0 Å². The van der Waals surface area contributed by atoms with Crippen LogP contribution < -0.4 is 5.30 Å². The summed E-state index contributed by atoms with van der Waals surface area (Å²) in [5, 5.41) is 1.48. The van der Waals surface area contributed by atoms with Crippen LogP contribution in [-0.4, -0.2) is 48.7 Å². The molecule has 38 heavy (non-hydrogen) atoms. The number of hydrogen-bond donors (Lipinski definition) is 0. The molecule has 0 atom stereocenters. The first-order valence-electron chi connectivity index (χ1n) is 11.1. The van der Waals surface area contributed by atoms with E-state index < -0.39 is 11.9 Å². The van der Waals surface area contributed by atoms with Crippen LogP contribution in [0.15, 0.2) is 78.4 Å². The average Bonchev–Trinajstić information content (AvgIpc) is 3.51. The zero-order valence-electron chi connectivity index (χ0n) is 21.8. The number of esters is 2. The van der Waals surface area contributed by atoms with Gasteiger partial charge in [0, 0.05) is 6.54 Å². The van der Waals surface area contributed by atoms with E-state index in [1.807, 2.05) is 62.4 Å². The van der Waals surface area contributed by atoms with Gasteiger partial charge in [0.15, 0.2) is 0 Å². The quantitative estimate of drug-likeness (QED) is 0.0640. The van der Waals surface area contributed by atoms with Crippen LogP contribution in [0.3, 0.4) is 0 Å². The van der Waals surface area contributed by atoms with E-state index >= 15 is 0 Å². The maximum Gasteiger partial charge on any atom is 3.00 e. The van der Waals surface area contributed by atoms with Gasteiger partial charge in [-0.05, 0) is 67.4 Å². The van der Waals surface area contributed by atoms with E-state index in [4.69, 9.17) is 24.8 Å². The topological polar surface area (TPSA) is 55.8 Å². The van der Waals surface area contributed by atoms with E-state index in [9.17, 15) is 9.59 Å². The van der Waals surface area contributed by atoms with Crippen LogP contribution in [0.4, 0.5) is 0 Å². The van der Waals surface area contributed by atoms with Crippen LogP contribution in [0.2, 0.25) is 0 Å². The van der Waals surface area contributed by atoms with Crippen LogP contribution in [-0.2, 0) is 55.0 Å². The Morgan fingerprint density at radius 2 is 1.34 bits per heavy atom. The van der Waals surface area contributed by atoms with Crippen LogP contribution in [0, 0.1) is 38.3 Å². The molecule has 0 saturated heterocycles. The first-order chi connectivity index (χ1) is 17.7. The summed E-state index contributed by atoms with van der Waals surface area (Å²) in [5.74, 6) is -1.56. The molecule has 0 aliphatic heterocycles. The Morgan fingerprint density at radius 1 is 0.895 bits per heavy atom. The molecular formula is C29H31CoNO4PS2+. The fraction of sp³-hybridized carbons (Fsp3) is 0.172. The average molecular weight is 612 g/mol. The Labute approximate surface area is 250 Å². The molecule has 3 rings (SSSR count). The Kier molecular flexibility index (Phi) is 19.7. The molecule has 9 heteroatoms. The van der Waals surface area contributed by atoms with Crippen LogP contribution in [0.5, 0.6) is 0 Å². The molecule has 0 N–H and O–H groups in total. The summed E-state index contributed by atoms with van der Waals surface area (Å²) >= 11 is 10.0. The molecule has 1 aliphatic rings. The fourth-order valence-corrected chi connectivity index (χ4v) is 3.65. The van der Waals surface area contributed by atoms with E-state index in [1.165, 1.54) is 24.4 Å². The standard InChI is InChI=1S/C16H16NO4S2.C8H11P.C5H5.Co/c1-11(14(18)20-2)13(15(19)21-3)10-17(16(22)23)9-12-7-5-4-6-8-12;1-9(2)8-6-4-3-5-7-8;1-2-4-5-3-1;/h4-8H,1,9H2,2-3H3,(H,22,23);3-7H,1-2H3;1-5H;/q-1;;;+3/p-1. The van der Waals surface area contributed by atoms with Gasteiger partial charge in [-0.3, -0.25) is 4.79 Å². The number of nitrogens with zero attached hydrogens (tertiary/aromatic N) is 1. The van der Waals surface area contributed by atoms with Gasteiger partial charge < -0.3 is 44.0 Å². The van der Waals surface area contributed by atoms with Crippen LogP contribution >= 0.6 is 20.1 Å². The predicted octanol–water partition coefficient (Wildman–Crippen LogP) is 4.98. The molecule has 0 unspecified atom stereocenters. The number of methoxy groups -OCH3 is 2. The molecular weight excluding hydrogens is 580 g/mol. The Morgan fingerprint density at radius 3 is 1.71 bits per heavy atom. The van der Waals surface area contributed by atoms with Gasteiger partial charge in [-0.1, -0.05) is 74.8 Å². The second-order valence-corrected chi connectivity index (χ2v) is 10.8. The maximum absolute atomic E-state index is 11.9. The summed E-state index contributed by atoms with van der Waals surface area (Å²) in [5.41, 5.74) is 0.520. The number of benzene rings is 2. The summed E-state index contributed by atoms with van der Waals surface area (Å²) in [6.07, 6.45) is 12.7.